The first-order valence-corrected chi connectivity index (χ1v) is 6.60. The molecular weight excluding hydrogens is 305 g/mol. The Kier molecular flexibility index (Phi) is 4.99. The number of carbonyl (C=O) groups excluding carboxylic acids is 1. The summed E-state index contributed by atoms with van der Waals surface area (Å²) in [6.45, 7) is -0.0403. The highest BCUT2D eigenvalue weighted by molar-refractivity contribution is 5.93. The van der Waals surface area contributed by atoms with E-state index in [9.17, 15) is 19.3 Å². The summed E-state index contributed by atoms with van der Waals surface area (Å²) in [6, 6.07) is 7.23. The quantitative estimate of drug-likeness (QED) is 0.597. The molecule has 0 unspecified atom stereocenters. The van der Waals surface area contributed by atoms with Crippen molar-refractivity contribution in [2.75, 3.05) is 11.4 Å². The topological polar surface area (TPSA) is 105 Å². The molecule has 0 aliphatic carbocycles. The highest BCUT2D eigenvalue weighted by Gasteiger charge is 2.18. The Bertz CT molecular complexity index is 751. The van der Waals surface area contributed by atoms with Gasteiger partial charge in [-0.25, -0.2) is 4.39 Å². The zero-order chi connectivity index (χ0) is 16.8. The number of nitriles is 1. The van der Waals surface area contributed by atoms with Crippen molar-refractivity contribution < 1.29 is 14.1 Å². The number of hydrogen-bond donors (Lipinski definition) is 0. The molecule has 23 heavy (non-hydrogen) atoms. The van der Waals surface area contributed by atoms with Crippen molar-refractivity contribution in [3.8, 4) is 6.07 Å². The lowest BCUT2D eigenvalue weighted by Crippen LogP contribution is -2.34. The second-order valence-corrected chi connectivity index (χ2v) is 4.59. The van der Waals surface area contributed by atoms with Crippen molar-refractivity contribution in [3.05, 3.63) is 52.7 Å². The van der Waals surface area contributed by atoms with E-state index in [0.29, 0.717) is 5.69 Å². The third-order valence-electron chi connectivity index (χ3n) is 3.01. The maximum Gasteiger partial charge on any atom is 0.381 e. The number of aromatic nitrogens is 2. The lowest BCUT2D eigenvalue weighted by atomic mass is 10.2. The molecule has 9 heteroatoms. The number of carbonyl (C=O) groups is 1. The summed E-state index contributed by atoms with van der Waals surface area (Å²) in [5, 5.41) is 19.3. The van der Waals surface area contributed by atoms with Crippen LogP contribution in [-0.4, -0.2) is 26.9 Å². The molecule has 1 amide bonds. The van der Waals surface area contributed by atoms with Crippen LogP contribution in [0.1, 0.15) is 6.42 Å². The fourth-order valence-corrected chi connectivity index (χ4v) is 1.95. The van der Waals surface area contributed by atoms with Gasteiger partial charge in [0, 0.05) is 12.2 Å². The zero-order valence-corrected chi connectivity index (χ0v) is 11.9. The summed E-state index contributed by atoms with van der Waals surface area (Å²) in [5.41, 5.74) is 0.446. The molecule has 1 aromatic carbocycles. The molecular formula is C14H12FN5O3. The van der Waals surface area contributed by atoms with Gasteiger partial charge in [-0.15, -0.1) is 0 Å². The largest absolute Gasteiger partial charge is 0.381 e. The van der Waals surface area contributed by atoms with E-state index < -0.39 is 10.7 Å². The van der Waals surface area contributed by atoms with Crippen LogP contribution in [0.4, 0.5) is 15.9 Å². The molecule has 0 spiro atoms. The fraction of sp³-hybridized carbons (Fsp3) is 0.214. The van der Waals surface area contributed by atoms with E-state index in [0.717, 1.165) is 6.20 Å². The van der Waals surface area contributed by atoms with E-state index in [4.69, 9.17) is 5.26 Å². The van der Waals surface area contributed by atoms with Gasteiger partial charge in [0.25, 0.3) is 0 Å². The van der Waals surface area contributed by atoms with Crippen LogP contribution in [0.25, 0.3) is 0 Å². The second-order valence-electron chi connectivity index (χ2n) is 4.59. The van der Waals surface area contributed by atoms with Gasteiger partial charge in [0.2, 0.25) is 12.2 Å². The Balaban J connectivity index is 2.17. The van der Waals surface area contributed by atoms with Crippen LogP contribution in [0.2, 0.25) is 0 Å². The molecule has 0 aliphatic rings. The first-order valence-electron chi connectivity index (χ1n) is 6.60. The summed E-state index contributed by atoms with van der Waals surface area (Å²) in [6.07, 6.45) is 2.43. The van der Waals surface area contributed by atoms with Gasteiger partial charge in [-0.1, -0.05) is 0 Å². The number of rotatable bonds is 6. The number of halogens is 1. The Labute approximate surface area is 130 Å². The summed E-state index contributed by atoms with van der Waals surface area (Å²) in [7, 11) is 0. The molecule has 1 aromatic heterocycles. The molecule has 0 saturated carbocycles. The minimum Gasteiger partial charge on any atom is -0.358 e. The monoisotopic (exact) mass is 317 g/mol. The predicted molar refractivity (Wildman–Crippen MR) is 77.9 cm³/mol. The lowest BCUT2D eigenvalue weighted by Gasteiger charge is -2.21. The van der Waals surface area contributed by atoms with E-state index in [1.807, 2.05) is 6.07 Å². The average Bonchev–Trinajstić information content (AvgIpc) is 2.98. The molecule has 8 nitrogen and oxygen atoms in total. The van der Waals surface area contributed by atoms with E-state index in [2.05, 4.69) is 4.98 Å². The smallest absolute Gasteiger partial charge is 0.358 e. The van der Waals surface area contributed by atoms with Crippen LogP contribution >= 0.6 is 0 Å². The standard InChI is InChI=1S/C14H12FN5O3/c15-11-2-4-12(5-3-11)19(7-1-6-16)14(21)9-18-8-13(17-10-18)20(22)23/h2-5,8,10H,1,7,9H2. The number of amides is 1. The first-order chi connectivity index (χ1) is 11.0. The highest BCUT2D eigenvalue weighted by Crippen LogP contribution is 2.16. The van der Waals surface area contributed by atoms with E-state index in [1.165, 1.54) is 40.1 Å². The van der Waals surface area contributed by atoms with Crippen molar-refractivity contribution in [3.63, 3.8) is 0 Å². The zero-order valence-electron chi connectivity index (χ0n) is 11.9. The van der Waals surface area contributed by atoms with Crippen molar-refractivity contribution in [1.82, 2.24) is 9.55 Å². The van der Waals surface area contributed by atoms with Crippen LogP contribution in [0.5, 0.6) is 0 Å². The molecule has 0 N–H and O–H groups in total. The summed E-state index contributed by atoms with van der Waals surface area (Å²) in [5.74, 6) is -1.19. The van der Waals surface area contributed by atoms with Gasteiger partial charge in [-0.2, -0.15) is 5.26 Å². The number of anilines is 1. The molecule has 118 valence electrons. The third kappa shape index (κ3) is 4.10. The molecule has 2 aromatic rings. The Morgan fingerprint density at radius 1 is 1.43 bits per heavy atom. The van der Waals surface area contributed by atoms with Gasteiger partial charge in [-0.3, -0.25) is 4.79 Å². The lowest BCUT2D eigenvalue weighted by molar-refractivity contribution is -0.389. The summed E-state index contributed by atoms with van der Waals surface area (Å²) in [4.78, 5) is 27.2. The van der Waals surface area contributed by atoms with Crippen LogP contribution in [0, 0.1) is 27.3 Å². The molecule has 0 atom stereocenters. The Morgan fingerprint density at radius 2 is 2.13 bits per heavy atom. The van der Waals surface area contributed by atoms with Gasteiger partial charge in [0.1, 0.15) is 18.6 Å². The minimum absolute atomic E-state index is 0.104. The number of hydrogen-bond acceptors (Lipinski definition) is 5. The average molecular weight is 317 g/mol. The SMILES string of the molecule is N#CCCN(C(=O)Cn1cnc([N+](=O)[O-])c1)c1ccc(F)cc1. The molecule has 0 fully saturated rings. The van der Waals surface area contributed by atoms with E-state index in [-0.39, 0.29) is 31.2 Å². The van der Waals surface area contributed by atoms with Crippen LogP contribution < -0.4 is 4.90 Å². The van der Waals surface area contributed by atoms with Gasteiger partial charge in [0.05, 0.1) is 12.5 Å². The molecule has 2 rings (SSSR count). The minimum atomic E-state index is -0.658. The second kappa shape index (κ2) is 7.13. The third-order valence-corrected chi connectivity index (χ3v) is 3.01. The maximum absolute atomic E-state index is 13.0. The molecule has 0 saturated heterocycles. The van der Waals surface area contributed by atoms with Crippen molar-refractivity contribution in [2.24, 2.45) is 0 Å². The molecule has 1 heterocycles. The fourth-order valence-electron chi connectivity index (χ4n) is 1.95. The Hall–Kier alpha value is -3.28. The van der Waals surface area contributed by atoms with Crippen molar-refractivity contribution in [2.45, 2.75) is 13.0 Å². The molecule has 0 bridgehead atoms. The number of benzene rings is 1. The van der Waals surface area contributed by atoms with Gasteiger partial charge < -0.3 is 19.6 Å². The molecule has 0 aliphatic heterocycles. The van der Waals surface area contributed by atoms with E-state index >= 15 is 0 Å². The number of nitro groups is 1. The number of nitrogens with zero attached hydrogens (tertiary/aromatic N) is 5. The van der Waals surface area contributed by atoms with Gasteiger partial charge >= 0.3 is 5.82 Å². The maximum atomic E-state index is 13.0. The summed E-state index contributed by atoms with van der Waals surface area (Å²) < 4.78 is 14.3. The van der Waals surface area contributed by atoms with Gasteiger partial charge in [0.15, 0.2) is 0 Å². The first kappa shape index (κ1) is 16.1. The normalized spacial score (nSPS) is 10.1. The summed E-state index contributed by atoms with van der Waals surface area (Å²) >= 11 is 0. The van der Waals surface area contributed by atoms with Crippen LogP contribution in [0.3, 0.4) is 0 Å². The Morgan fingerprint density at radius 3 is 2.70 bits per heavy atom. The molecule has 0 radical (unpaired) electrons. The van der Waals surface area contributed by atoms with Crippen LogP contribution in [-0.2, 0) is 11.3 Å². The number of imidazole rings is 1. The van der Waals surface area contributed by atoms with Crippen molar-refractivity contribution in [1.29, 1.82) is 5.26 Å². The van der Waals surface area contributed by atoms with Gasteiger partial charge in [-0.05, 0) is 34.2 Å². The van der Waals surface area contributed by atoms with E-state index in [1.54, 1.807) is 0 Å². The van der Waals surface area contributed by atoms with Crippen molar-refractivity contribution >= 4 is 17.4 Å². The predicted octanol–water partition coefficient (Wildman–Crippen LogP) is 1.88. The van der Waals surface area contributed by atoms with Crippen LogP contribution in [0.15, 0.2) is 36.8 Å². The highest BCUT2D eigenvalue weighted by atomic mass is 19.1.